The number of benzene rings is 1. The van der Waals surface area contributed by atoms with Gasteiger partial charge in [0, 0.05) is 5.75 Å². The van der Waals surface area contributed by atoms with E-state index in [-0.39, 0.29) is 5.75 Å². The Labute approximate surface area is 114 Å². The van der Waals surface area contributed by atoms with E-state index in [1.807, 2.05) is 31.2 Å². The van der Waals surface area contributed by atoms with Gasteiger partial charge in [-0.25, -0.2) is 4.98 Å². The van der Waals surface area contributed by atoms with Crippen LogP contribution in [0.25, 0.3) is 11.4 Å². The first kappa shape index (κ1) is 13.4. The van der Waals surface area contributed by atoms with Crippen molar-refractivity contribution < 1.29 is 14.6 Å². The molecule has 100 valence electrons. The summed E-state index contributed by atoms with van der Waals surface area (Å²) in [5.74, 6) is -0.0710. The maximum absolute atomic E-state index is 10.4. The highest BCUT2D eigenvalue weighted by atomic mass is 32.2. The fourth-order valence-electron chi connectivity index (χ4n) is 1.50. The van der Waals surface area contributed by atoms with Crippen LogP contribution in [-0.4, -0.2) is 33.5 Å². The minimum Gasteiger partial charge on any atom is -0.549 e. The van der Waals surface area contributed by atoms with Crippen molar-refractivity contribution >= 4 is 17.7 Å². The largest absolute Gasteiger partial charge is 0.549 e. The number of hydrogen-bond acceptors (Lipinski definition) is 6. The zero-order chi connectivity index (χ0) is 13.7. The van der Waals surface area contributed by atoms with Crippen LogP contribution in [0.3, 0.4) is 0 Å². The Morgan fingerprint density at radius 3 is 3.00 bits per heavy atom. The molecule has 6 nitrogen and oxygen atoms in total. The number of ether oxygens (including phenoxy) is 1. The first-order chi connectivity index (χ1) is 9.20. The molecule has 0 unspecified atom stereocenters. The quantitative estimate of drug-likeness (QED) is 0.783. The maximum Gasteiger partial charge on any atom is 0.209 e. The zero-order valence-corrected chi connectivity index (χ0v) is 11.1. The molecule has 1 aromatic carbocycles. The Hall–Kier alpha value is -2.02. The molecule has 7 heteroatoms. The van der Waals surface area contributed by atoms with Crippen LogP contribution < -0.4 is 9.84 Å². The number of thioether (sulfide) groups is 1. The Kier molecular flexibility index (Phi) is 4.40. The summed E-state index contributed by atoms with van der Waals surface area (Å²) < 4.78 is 5.50. The van der Waals surface area contributed by atoms with Crippen LogP contribution in [0.5, 0.6) is 5.75 Å². The number of aromatic amines is 1. The predicted molar refractivity (Wildman–Crippen MR) is 68.7 cm³/mol. The van der Waals surface area contributed by atoms with Crippen LogP contribution >= 0.6 is 11.8 Å². The molecule has 0 saturated heterocycles. The van der Waals surface area contributed by atoms with Crippen LogP contribution in [0.4, 0.5) is 0 Å². The van der Waals surface area contributed by atoms with E-state index in [9.17, 15) is 9.90 Å². The van der Waals surface area contributed by atoms with Gasteiger partial charge in [-0.15, -0.1) is 5.10 Å². The minimum absolute atomic E-state index is 0.176. The van der Waals surface area contributed by atoms with E-state index in [0.29, 0.717) is 23.3 Å². The molecular weight excluding hydrogens is 266 g/mol. The van der Waals surface area contributed by atoms with E-state index in [0.717, 1.165) is 17.3 Å². The summed E-state index contributed by atoms with van der Waals surface area (Å²) in [5.41, 5.74) is 0.789. The molecule has 0 aliphatic heterocycles. The van der Waals surface area contributed by atoms with Crippen molar-refractivity contribution in [2.45, 2.75) is 12.1 Å². The van der Waals surface area contributed by atoms with E-state index < -0.39 is 5.97 Å². The number of carboxylic acids is 1. The highest BCUT2D eigenvalue weighted by Crippen LogP contribution is 2.28. The number of aromatic nitrogens is 3. The van der Waals surface area contributed by atoms with Crippen molar-refractivity contribution in [1.82, 2.24) is 15.2 Å². The number of para-hydroxylation sites is 1. The van der Waals surface area contributed by atoms with Gasteiger partial charge >= 0.3 is 0 Å². The van der Waals surface area contributed by atoms with Gasteiger partial charge in [-0.2, -0.15) is 0 Å². The van der Waals surface area contributed by atoms with Crippen LogP contribution in [0, 0.1) is 0 Å². The number of nitrogens with zero attached hydrogens (tertiary/aromatic N) is 2. The van der Waals surface area contributed by atoms with Crippen LogP contribution in [0.2, 0.25) is 0 Å². The maximum atomic E-state index is 10.4. The van der Waals surface area contributed by atoms with Gasteiger partial charge in [0.25, 0.3) is 0 Å². The predicted octanol–water partition coefficient (Wildman–Crippen LogP) is 0.712. The van der Waals surface area contributed by atoms with Gasteiger partial charge in [-0.3, -0.25) is 5.10 Å². The molecule has 0 fully saturated rings. The monoisotopic (exact) mass is 278 g/mol. The van der Waals surface area contributed by atoms with Crippen molar-refractivity contribution in [3.05, 3.63) is 24.3 Å². The Bertz CT molecular complexity index is 571. The lowest BCUT2D eigenvalue weighted by molar-refractivity contribution is -0.301. The number of hydrogen-bond donors (Lipinski definition) is 1. The Morgan fingerprint density at radius 2 is 2.26 bits per heavy atom. The summed E-state index contributed by atoms with van der Waals surface area (Å²) in [6, 6.07) is 7.44. The van der Waals surface area contributed by atoms with Crippen LogP contribution in [-0.2, 0) is 4.79 Å². The van der Waals surface area contributed by atoms with E-state index in [1.165, 1.54) is 0 Å². The summed E-state index contributed by atoms with van der Waals surface area (Å²) in [6.07, 6.45) is 0. The van der Waals surface area contributed by atoms with Crippen molar-refractivity contribution in [3.63, 3.8) is 0 Å². The summed E-state index contributed by atoms with van der Waals surface area (Å²) in [7, 11) is 0. The summed E-state index contributed by atoms with van der Waals surface area (Å²) >= 11 is 1.01. The Balaban J connectivity index is 2.20. The lowest BCUT2D eigenvalue weighted by atomic mass is 10.2. The van der Waals surface area contributed by atoms with Gasteiger partial charge in [0.05, 0.1) is 18.1 Å². The molecule has 0 aliphatic rings. The molecule has 1 aromatic heterocycles. The normalized spacial score (nSPS) is 10.4. The first-order valence-electron chi connectivity index (χ1n) is 5.68. The lowest BCUT2D eigenvalue weighted by Crippen LogP contribution is -2.24. The molecule has 0 spiro atoms. The molecule has 0 atom stereocenters. The molecule has 0 radical (unpaired) electrons. The van der Waals surface area contributed by atoms with E-state index >= 15 is 0 Å². The van der Waals surface area contributed by atoms with Gasteiger partial charge < -0.3 is 14.6 Å². The first-order valence-corrected chi connectivity index (χ1v) is 6.66. The number of carbonyl (C=O) groups excluding carboxylic acids is 1. The molecule has 1 N–H and O–H groups in total. The van der Waals surface area contributed by atoms with Gasteiger partial charge in [-0.1, -0.05) is 23.9 Å². The van der Waals surface area contributed by atoms with Crippen molar-refractivity contribution in [1.29, 1.82) is 0 Å². The average molecular weight is 278 g/mol. The fourth-order valence-corrected chi connectivity index (χ4v) is 2.01. The molecule has 0 saturated carbocycles. The van der Waals surface area contributed by atoms with Gasteiger partial charge in [-0.05, 0) is 19.1 Å². The number of nitrogens with one attached hydrogen (secondary N) is 1. The molecule has 1 heterocycles. The second-order valence-electron chi connectivity index (χ2n) is 3.56. The number of carbonyl (C=O) groups is 1. The smallest absolute Gasteiger partial charge is 0.209 e. The van der Waals surface area contributed by atoms with Crippen molar-refractivity contribution in [2.24, 2.45) is 0 Å². The van der Waals surface area contributed by atoms with Gasteiger partial charge in [0.1, 0.15) is 5.75 Å². The minimum atomic E-state index is -1.15. The molecule has 0 aliphatic carbocycles. The standard InChI is InChI=1S/C12H13N3O3S/c1-2-18-9-6-4-3-5-8(9)11-13-12(15-14-11)19-7-10(16)17/h3-6H,2,7H2,1H3,(H,16,17)(H,13,14,15)/p-1. The van der Waals surface area contributed by atoms with Crippen molar-refractivity contribution in [3.8, 4) is 17.1 Å². The molecule has 19 heavy (non-hydrogen) atoms. The SMILES string of the molecule is CCOc1ccccc1-c1nc(SCC(=O)[O-])n[nH]1. The number of aliphatic carboxylic acids is 1. The summed E-state index contributed by atoms with van der Waals surface area (Å²) in [6.45, 7) is 2.45. The summed E-state index contributed by atoms with van der Waals surface area (Å²) in [4.78, 5) is 14.6. The molecule has 2 aromatic rings. The van der Waals surface area contributed by atoms with Gasteiger partial charge in [0.2, 0.25) is 5.16 Å². The fraction of sp³-hybridized carbons (Fsp3) is 0.250. The Morgan fingerprint density at radius 1 is 1.47 bits per heavy atom. The van der Waals surface area contributed by atoms with Gasteiger partial charge in [0.15, 0.2) is 5.82 Å². The molecule has 2 rings (SSSR count). The van der Waals surface area contributed by atoms with E-state index in [2.05, 4.69) is 15.2 Å². The lowest BCUT2D eigenvalue weighted by Gasteiger charge is -2.06. The number of carboxylic acid groups (broad SMARTS) is 1. The topological polar surface area (TPSA) is 90.9 Å². The van der Waals surface area contributed by atoms with E-state index in [4.69, 9.17) is 4.74 Å². The second-order valence-corrected chi connectivity index (χ2v) is 4.50. The third kappa shape index (κ3) is 3.47. The third-order valence-corrected chi connectivity index (χ3v) is 3.05. The third-order valence-electron chi connectivity index (χ3n) is 2.23. The second kappa shape index (κ2) is 6.24. The van der Waals surface area contributed by atoms with E-state index in [1.54, 1.807) is 0 Å². The highest BCUT2D eigenvalue weighted by Gasteiger charge is 2.10. The van der Waals surface area contributed by atoms with Crippen LogP contribution in [0.15, 0.2) is 29.4 Å². The van der Waals surface area contributed by atoms with Crippen molar-refractivity contribution in [2.75, 3.05) is 12.4 Å². The number of rotatable bonds is 6. The summed E-state index contributed by atoms with van der Waals surface area (Å²) in [5, 5.41) is 17.5. The molecule has 0 amide bonds. The molecular formula is C12H12N3O3S-. The average Bonchev–Trinajstić information content (AvgIpc) is 2.86. The molecule has 0 bridgehead atoms. The highest BCUT2D eigenvalue weighted by molar-refractivity contribution is 7.99. The number of H-pyrrole nitrogens is 1. The van der Waals surface area contributed by atoms with Crippen LogP contribution in [0.1, 0.15) is 6.92 Å². The zero-order valence-electron chi connectivity index (χ0n) is 10.3.